The molecular weight excluding hydrogens is 135 g/mol. The van der Waals surface area contributed by atoms with E-state index in [4.69, 9.17) is 10.5 Å². The second kappa shape index (κ2) is 2.44. The van der Waals surface area contributed by atoms with Crippen molar-refractivity contribution in [1.29, 1.82) is 0 Å². The summed E-state index contributed by atoms with van der Waals surface area (Å²) in [6, 6.07) is 0.103. The van der Waals surface area contributed by atoms with Crippen LogP contribution < -0.4 is 5.73 Å². The third-order valence-corrected chi connectivity index (χ3v) is 1.56. The van der Waals surface area contributed by atoms with E-state index in [2.05, 4.69) is 4.99 Å². The van der Waals surface area contributed by atoms with Gasteiger partial charge < -0.3 is 10.5 Å². The Hall–Kier alpha value is -0.800. The third-order valence-electron chi connectivity index (χ3n) is 1.56. The molecule has 0 aromatic rings. The van der Waals surface area contributed by atoms with Gasteiger partial charge in [0.15, 0.2) is 0 Å². The normalized spacial score (nSPS) is 32.8. The summed E-state index contributed by atoms with van der Waals surface area (Å²) < 4.78 is 17.1. The Labute approximate surface area is 59.1 Å². The summed E-state index contributed by atoms with van der Waals surface area (Å²) >= 11 is 0. The number of halogens is 1. The third kappa shape index (κ3) is 1.37. The molecular formula is C6H11FN2O. The summed E-state index contributed by atoms with van der Waals surface area (Å²) in [5.74, 6) is 0. The van der Waals surface area contributed by atoms with Crippen molar-refractivity contribution in [2.24, 2.45) is 10.7 Å². The number of hydrogen-bond acceptors (Lipinski definition) is 3. The van der Waals surface area contributed by atoms with Crippen LogP contribution in [0.5, 0.6) is 0 Å². The molecule has 58 valence electrons. The van der Waals surface area contributed by atoms with Crippen LogP contribution in [0.2, 0.25) is 0 Å². The Morgan fingerprint density at radius 2 is 2.60 bits per heavy atom. The minimum atomic E-state index is -0.637. The first-order chi connectivity index (χ1) is 4.66. The molecule has 0 spiro atoms. The van der Waals surface area contributed by atoms with Crippen LogP contribution in [-0.4, -0.2) is 24.8 Å². The van der Waals surface area contributed by atoms with Crippen LogP contribution in [0, 0.1) is 0 Å². The molecule has 0 aromatic carbocycles. The van der Waals surface area contributed by atoms with Gasteiger partial charge in [-0.1, -0.05) is 0 Å². The number of aliphatic imine (C=N–C) groups is 1. The van der Waals surface area contributed by atoms with Crippen LogP contribution in [-0.2, 0) is 4.74 Å². The fourth-order valence-corrected chi connectivity index (χ4v) is 0.826. The number of nitrogens with two attached hydrogens (primary N) is 1. The van der Waals surface area contributed by atoms with E-state index < -0.39 is 12.2 Å². The number of rotatable bonds is 1. The maximum Gasteiger partial charge on any atom is 0.282 e. The molecule has 0 aliphatic carbocycles. The highest BCUT2D eigenvalue weighted by Crippen LogP contribution is 2.19. The predicted molar refractivity (Wildman–Crippen MR) is 36.6 cm³/mol. The highest BCUT2D eigenvalue weighted by molar-refractivity contribution is 5.72. The molecule has 0 aromatic heterocycles. The van der Waals surface area contributed by atoms with Gasteiger partial charge in [-0.05, 0) is 6.92 Å². The maximum atomic E-state index is 12.2. The lowest BCUT2D eigenvalue weighted by molar-refractivity contribution is 0.193. The second-order valence-corrected chi connectivity index (χ2v) is 2.68. The van der Waals surface area contributed by atoms with E-state index in [9.17, 15) is 4.39 Å². The molecule has 1 rings (SSSR count). The van der Waals surface area contributed by atoms with Crippen molar-refractivity contribution in [3.8, 4) is 0 Å². The topological polar surface area (TPSA) is 47.6 Å². The van der Waals surface area contributed by atoms with Crippen molar-refractivity contribution in [1.82, 2.24) is 0 Å². The Bertz CT molecular complexity index is 160. The van der Waals surface area contributed by atoms with E-state index in [-0.39, 0.29) is 6.02 Å². The minimum absolute atomic E-state index is 0.103. The first kappa shape index (κ1) is 7.31. The zero-order valence-corrected chi connectivity index (χ0v) is 5.93. The van der Waals surface area contributed by atoms with Crippen LogP contribution in [0.4, 0.5) is 4.39 Å². The van der Waals surface area contributed by atoms with Crippen molar-refractivity contribution in [2.75, 3.05) is 13.3 Å². The quantitative estimate of drug-likeness (QED) is 0.583. The summed E-state index contributed by atoms with van der Waals surface area (Å²) in [6.07, 6.45) is 0.601. The lowest BCUT2D eigenvalue weighted by atomic mass is 10.0. The summed E-state index contributed by atoms with van der Waals surface area (Å²) in [5, 5.41) is 0. The van der Waals surface area contributed by atoms with Gasteiger partial charge in [0.2, 0.25) is 0 Å². The Morgan fingerprint density at radius 3 is 3.00 bits per heavy atom. The number of ether oxygens (including phenoxy) is 1. The molecule has 0 bridgehead atoms. The molecule has 1 aliphatic heterocycles. The smallest absolute Gasteiger partial charge is 0.282 e. The number of alkyl halides is 1. The van der Waals surface area contributed by atoms with Gasteiger partial charge in [-0.25, -0.2) is 9.38 Å². The molecule has 2 N–H and O–H groups in total. The molecule has 1 heterocycles. The SMILES string of the molecule is C[C@]1(CF)CCOC(N)=N1. The Balaban J connectivity index is 2.69. The molecule has 0 amide bonds. The summed E-state index contributed by atoms with van der Waals surface area (Å²) in [5.41, 5.74) is 4.61. The van der Waals surface area contributed by atoms with Crippen molar-refractivity contribution >= 4 is 6.02 Å². The van der Waals surface area contributed by atoms with E-state index in [1.54, 1.807) is 6.92 Å². The summed E-state index contributed by atoms with van der Waals surface area (Å²) in [6.45, 7) is 1.72. The molecule has 4 heteroatoms. The molecule has 0 saturated heterocycles. The minimum Gasteiger partial charge on any atom is -0.465 e. The Kier molecular flexibility index (Phi) is 1.78. The number of amidine groups is 1. The standard InChI is InChI=1S/C6H11FN2O/c1-6(4-7)2-3-10-5(8)9-6/h2-4H2,1H3,(H2,8,9)/t6-/m1/s1. The van der Waals surface area contributed by atoms with E-state index in [0.717, 1.165) is 0 Å². The molecule has 0 radical (unpaired) electrons. The average molecular weight is 146 g/mol. The molecule has 1 atom stereocenters. The van der Waals surface area contributed by atoms with E-state index in [0.29, 0.717) is 13.0 Å². The molecule has 1 aliphatic rings. The zero-order chi connectivity index (χ0) is 7.61. The van der Waals surface area contributed by atoms with Gasteiger partial charge in [-0.2, -0.15) is 0 Å². The maximum absolute atomic E-state index is 12.2. The molecule has 3 nitrogen and oxygen atoms in total. The molecule has 0 fully saturated rings. The number of nitrogens with zero attached hydrogens (tertiary/aromatic N) is 1. The van der Waals surface area contributed by atoms with Crippen LogP contribution in [0.25, 0.3) is 0 Å². The summed E-state index contributed by atoms with van der Waals surface area (Å²) in [7, 11) is 0. The van der Waals surface area contributed by atoms with Gasteiger partial charge in [0.1, 0.15) is 6.67 Å². The zero-order valence-electron chi connectivity index (χ0n) is 5.93. The highest BCUT2D eigenvalue weighted by atomic mass is 19.1. The second-order valence-electron chi connectivity index (χ2n) is 2.68. The lowest BCUT2D eigenvalue weighted by Crippen LogP contribution is -2.36. The molecule has 0 unspecified atom stereocenters. The van der Waals surface area contributed by atoms with Crippen LogP contribution in [0.15, 0.2) is 4.99 Å². The van der Waals surface area contributed by atoms with Crippen molar-refractivity contribution in [3.63, 3.8) is 0 Å². The molecule has 0 saturated carbocycles. The van der Waals surface area contributed by atoms with Gasteiger partial charge in [-0.15, -0.1) is 0 Å². The summed E-state index contributed by atoms with van der Waals surface area (Å²) in [4.78, 5) is 3.83. The average Bonchev–Trinajstić information content (AvgIpc) is 1.88. The van der Waals surface area contributed by atoms with Gasteiger partial charge in [0.25, 0.3) is 6.02 Å². The van der Waals surface area contributed by atoms with Crippen LogP contribution >= 0.6 is 0 Å². The van der Waals surface area contributed by atoms with Gasteiger partial charge >= 0.3 is 0 Å². The van der Waals surface area contributed by atoms with Crippen LogP contribution in [0.1, 0.15) is 13.3 Å². The van der Waals surface area contributed by atoms with Gasteiger partial charge in [0.05, 0.1) is 12.1 Å². The largest absolute Gasteiger partial charge is 0.465 e. The van der Waals surface area contributed by atoms with Gasteiger partial charge in [0, 0.05) is 6.42 Å². The van der Waals surface area contributed by atoms with Crippen molar-refractivity contribution in [2.45, 2.75) is 18.9 Å². The fourth-order valence-electron chi connectivity index (χ4n) is 0.826. The monoisotopic (exact) mass is 146 g/mol. The van der Waals surface area contributed by atoms with E-state index >= 15 is 0 Å². The van der Waals surface area contributed by atoms with E-state index in [1.165, 1.54) is 0 Å². The van der Waals surface area contributed by atoms with Gasteiger partial charge in [-0.3, -0.25) is 0 Å². The predicted octanol–water partition coefficient (Wildman–Crippen LogP) is 0.450. The van der Waals surface area contributed by atoms with Crippen molar-refractivity contribution < 1.29 is 9.13 Å². The Morgan fingerprint density at radius 1 is 1.90 bits per heavy atom. The first-order valence-electron chi connectivity index (χ1n) is 3.20. The fraction of sp³-hybridized carbons (Fsp3) is 0.833. The van der Waals surface area contributed by atoms with Crippen molar-refractivity contribution in [3.05, 3.63) is 0 Å². The van der Waals surface area contributed by atoms with Crippen LogP contribution in [0.3, 0.4) is 0 Å². The van der Waals surface area contributed by atoms with E-state index in [1.807, 2.05) is 0 Å². The number of hydrogen-bond donors (Lipinski definition) is 1. The highest BCUT2D eigenvalue weighted by Gasteiger charge is 2.27. The first-order valence-corrected chi connectivity index (χ1v) is 3.20. The molecule has 10 heavy (non-hydrogen) atoms. The lowest BCUT2D eigenvalue weighted by Gasteiger charge is -2.25.